The normalized spacial score (nSPS) is 13.1. The average molecular weight is 233 g/mol. The fraction of sp³-hybridized carbons (Fsp3) is 0.625. The van der Waals surface area contributed by atoms with Crippen LogP contribution in [0.2, 0.25) is 0 Å². The van der Waals surface area contributed by atoms with Gasteiger partial charge in [-0.05, 0) is 69.3 Å². The van der Waals surface area contributed by atoms with Gasteiger partial charge in [-0.2, -0.15) is 0 Å². The van der Waals surface area contributed by atoms with Gasteiger partial charge < -0.3 is 5.32 Å². The summed E-state index contributed by atoms with van der Waals surface area (Å²) >= 11 is 0. The van der Waals surface area contributed by atoms with Gasteiger partial charge in [0.05, 0.1) is 0 Å². The van der Waals surface area contributed by atoms with Crippen LogP contribution in [-0.4, -0.2) is 13.6 Å². The van der Waals surface area contributed by atoms with Crippen LogP contribution in [0.3, 0.4) is 0 Å². The molecule has 0 fully saturated rings. The van der Waals surface area contributed by atoms with Gasteiger partial charge in [0.2, 0.25) is 0 Å². The van der Waals surface area contributed by atoms with E-state index in [-0.39, 0.29) is 0 Å². The Morgan fingerprint density at radius 2 is 1.59 bits per heavy atom. The third kappa shape index (κ3) is 3.57. The molecule has 1 aromatic carbocycles. The van der Waals surface area contributed by atoms with E-state index in [2.05, 4.69) is 52.1 Å². The number of rotatable bonds is 5. The molecule has 1 N–H and O–H groups in total. The van der Waals surface area contributed by atoms with E-state index in [1.807, 2.05) is 7.05 Å². The first-order valence-corrected chi connectivity index (χ1v) is 6.69. The smallest absolute Gasteiger partial charge is 0.00460 e. The van der Waals surface area contributed by atoms with Crippen molar-refractivity contribution in [1.82, 2.24) is 5.32 Å². The largest absolute Gasteiger partial charge is 0.320 e. The van der Waals surface area contributed by atoms with Gasteiger partial charge >= 0.3 is 0 Å². The quantitative estimate of drug-likeness (QED) is 0.811. The summed E-state index contributed by atoms with van der Waals surface area (Å²) in [6, 6.07) is 4.63. The molecule has 0 saturated heterocycles. The van der Waals surface area contributed by atoms with Gasteiger partial charge in [-0.15, -0.1) is 0 Å². The molecular formula is C16H27N. The Hall–Kier alpha value is -0.820. The Labute approximate surface area is 107 Å². The lowest BCUT2D eigenvalue weighted by molar-refractivity contribution is 0.457. The second-order valence-corrected chi connectivity index (χ2v) is 5.56. The average Bonchev–Trinajstić information content (AvgIpc) is 2.20. The SMILES string of the molecule is CNCCC(c1c(C)cc(C)cc1C)C(C)C. The molecule has 0 bridgehead atoms. The van der Waals surface area contributed by atoms with Crippen LogP contribution in [0.1, 0.15) is 48.4 Å². The molecule has 1 aromatic rings. The Bertz CT molecular complexity index is 343. The number of benzene rings is 1. The van der Waals surface area contributed by atoms with Gasteiger partial charge in [0.25, 0.3) is 0 Å². The minimum absolute atomic E-state index is 0.669. The van der Waals surface area contributed by atoms with E-state index >= 15 is 0 Å². The molecule has 1 heteroatoms. The Balaban J connectivity index is 3.09. The van der Waals surface area contributed by atoms with Gasteiger partial charge in [0.15, 0.2) is 0 Å². The molecule has 0 saturated carbocycles. The summed E-state index contributed by atoms with van der Waals surface area (Å²) in [4.78, 5) is 0. The molecule has 17 heavy (non-hydrogen) atoms. The predicted octanol–water partition coefficient (Wildman–Crippen LogP) is 3.96. The molecule has 0 spiro atoms. The van der Waals surface area contributed by atoms with Crippen molar-refractivity contribution in [3.63, 3.8) is 0 Å². The third-order valence-corrected chi connectivity index (χ3v) is 3.62. The van der Waals surface area contributed by atoms with Crippen molar-refractivity contribution in [2.75, 3.05) is 13.6 Å². The molecule has 0 aliphatic rings. The van der Waals surface area contributed by atoms with Crippen LogP contribution in [-0.2, 0) is 0 Å². The third-order valence-electron chi connectivity index (χ3n) is 3.62. The Morgan fingerprint density at radius 1 is 1.06 bits per heavy atom. The van der Waals surface area contributed by atoms with Crippen LogP contribution in [0, 0.1) is 26.7 Å². The maximum Gasteiger partial charge on any atom is -0.00460 e. The molecule has 0 radical (unpaired) electrons. The van der Waals surface area contributed by atoms with Crippen LogP contribution >= 0.6 is 0 Å². The molecule has 0 aliphatic carbocycles. The minimum atomic E-state index is 0.669. The van der Waals surface area contributed by atoms with E-state index in [0.717, 1.165) is 6.54 Å². The summed E-state index contributed by atoms with van der Waals surface area (Å²) in [5.41, 5.74) is 5.86. The summed E-state index contributed by atoms with van der Waals surface area (Å²) in [6.45, 7) is 12.4. The molecule has 0 amide bonds. The van der Waals surface area contributed by atoms with Crippen molar-refractivity contribution in [3.05, 3.63) is 34.4 Å². The summed E-state index contributed by atoms with van der Waals surface area (Å²) in [5.74, 6) is 1.37. The van der Waals surface area contributed by atoms with E-state index in [4.69, 9.17) is 0 Å². The molecule has 0 heterocycles. The van der Waals surface area contributed by atoms with Crippen molar-refractivity contribution >= 4 is 0 Å². The number of hydrogen-bond donors (Lipinski definition) is 1. The van der Waals surface area contributed by atoms with Gasteiger partial charge in [-0.25, -0.2) is 0 Å². The maximum absolute atomic E-state index is 3.27. The first-order chi connectivity index (χ1) is 7.97. The number of hydrogen-bond acceptors (Lipinski definition) is 1. The molecular weight excluding hydrogens is 206 g/mol. The molecule has 1 rings (SSSR count). The first-order valence-electron chi connectivity index (χ1n) is 6.69. The topological polar surface area (TPSA) is 12.0 Å². The number of nitrogens with one attached hydrogen (secondary N) is 1. The highest BCUT2D eigenvalue weighted by Gasteiger charge is 2.19. The maximum atomic E-state index is 3.27. The highest BCUT2D eigenvalue weighted by atomic mass is 14.8. The lowest BCUT2D eigenvalue weighted by atomic mass is 9.80. The minimum Gasteiger partial charge on any atom is -0.320 e. The van der Waals surface area contributed by atoms with Crippen LogP contribution in [0.5, 0.6) is 0 Å². The highest BCUT2D eigenvalue weighted by molar-refractivity contribution is 5.40. The van der Waals surface area contributed by atoms with Crippen LogP contribution in [0.25, 0.3) is 0 Å². The highest BCUT2D eigenvalue weighted by Crippen LogP contribution is 2.33. The second kappa shape index (κ2) is 6.20. The number of aryl methyl sites for hydroxylation is 3. The summed E-state index contributed by atoms with van der Waals surface area (Å²) in [6.07, 6.45) is 1.22. The van der Waals surface area contributed by atoms with Crippen LogP contribution in [0.15, 0.2) is 12.1 Å². The van der Waals surface area contributed by atoms with Crippen molar-refractivity contribution in [1.29, 1.82) is 0 Å². The summed E-state index contributed by atoms with van der Waals surface area (Å²) in [5, 5.41) is 3.27. The van der Waals surface area contributed by atoms with Crippen molar-refractivity contribution < 1.29 is 0 Å². The predicted molar refractivity (Wildman–Crippen MR) is 76.8 cm³/mol. The van der Waals surface area contributed by atoms with E-state index < -0.39 is 0 Å². The first kappa shape index (κ1) is 14.2. The van der Waals surface area contributed by atoms with Gasteiger partial charge in [-0.3, -0.25) is 0 Å². The molecule has 1 nitrogen and oxygen atoms in total. The molecule has 1 unspecified atom stereocenters. The molecule has 0 aliphatic heterocycles. The van der Waals surface area contributed by atoms with Gasteiger partial charge in [0.1, 0.15) is 0 Å². The monoisotopic (exact) mass is 233 g/mol. The van der Waals surface area contributed by atoms with Gasteiger partial charge in [-0.1, -0.05) is 31.5 Å². The zero-order chi connectivity index (χ0) is 13.0. The fourth-order valence-electron chi connectivity index (χ4n) is 2.89. The Morgan fingerprint density at radius 3 is 2.00 bits per heavy atom. The zero-order valence-electron chi connectivity index (χ0n) is 12.2. The fourth-order valence-corrected chi connectivity index (χ4v) is 2.89. The van der Waals surface area contributed by atoms with E-state index in [9.17, 15) is 0 Å². The standard InChI is InChI=1S/C16H27N/c1-11(2)15(7-8-17-6)16-13(4)9-12(3)10-14(16)5/h9-11,15,17H,7-8H2,1-6H3. The van der Waals surface area contributed by atoms with E-state index in [0.29, 0.717) is 11.8 Å². The zero-order valence-corrected chi connectivity index (χ0v) is 12.2. The van der Waals surface area contributed by atoms with E-state index in [1.165, 1.54) is 23.1 Å². The molecule has 1 atom stereocenters. The Kier molecular flexibility index (Phi) is 5.20. The summed E-state index contributed by atoms with van der Waals surface area (Å²) in [7, 11) is 2.03. The lowest BCUT2D eigenvalue weighted by Crippen LogP contribution is -2.17. The van der Waals surface area contributed by atoms with Crippen molar-refractivity contribution in [2.24, 2.45) is 5.92 Å². The van der Waals surface area contributed by atoms with Crippen LogP contribution < -0.4 is 5.32 Å². The summed E-state index contributed by atoms with van der Waals surface area (Å²) < 4.78 is 0. The molecule has 96 valence electrons. The molecule has 0 aromatic heterocycles. The van der Waals surface area contributed by atoms with Gasteiger partial charge in [0, 0.05) is 0 Å². The lowest BCUT2D eigenvalue weighted by Gasteiger charge is -2.25. The van der Waals surface area contributed by atoms with Crippen molar-refractivity contribution in [3.8, 4) is 0 Å². The van der Waals surface area contributed by atoms with E-state index in [1.54, 1.807) is 5.56 Å². The second-order valence-electron chi connectivity index (χ2n) is 5.56. The van der Waals surface area contributed by atoms with Crippen LogP contribution in [0.4, 0.5) is 0 Å². The van der Waals surface area contributed by atoms with Crippen molar-refractivity contribution in [2.45, 2.75) is 47.0 Å².